The Morgan fingerprint density at radius 1 is 0.741 bits per heavy atom. The summed E-state index contributed by atoms with van der Waals surface area (Å²) in [6.07, 6.45) is 0.808. The Kier molecular flexibility index (Phi) is 7.17. The largest absolute Gasteiger partial charge is 0.375 e. The lowest BCUT2D eigenvalue weighted by Crippen LogP contribution is -2.32. The van der Waals surface area contributed by atoms with Crippen LogP contribution in [0.4, 0.5) is 0 Å². The molecule has 3 heteroatoms. The van der Waals surface area contributed by atoms with E-state index in [1.54, 1.807) is 0 Å². The second kappa shape index (κ2) is 10.0. The highest BCUT2D eigenvalue weighted by atomic mass is 16.5. The molecule has 3 aromatic carbocycles. The van der Waals surface area contributed by atoms with Crippen LogP contribution in [0.3, 0.4) is 0 Å². The smallest absolute Gasteiger partial charge is 0.0840 e. The van der Waals surface area contributed by atoms with Crippen molar-refractivity contribution < 1.29 is 9.94 Å². The number of nitrogens with zero attached hydrogens (tertiary/aromatic N) is 1. The third kappa shape index (κ3) is 5.27. The Labute approximate surface area is 161 Å². The second-order valence-electron chi connectivity index (χ2n) is 6.64. The molecule has 0 saturated heterocycles. The monoisotopic (exact) mass is 361 g/mol. The Balaban J connectivity index is 1.76. The molecule has 0 saturated carbocycles. The summed E-state index contributed by atoms with van der Waals surface area (Å²) >= 11 is 0. The minimum atomic E-state index is -0.236. The van der Waals surface area contributed by atoms with Crippen LogP contribution in [0, 0.1) is 0 Å². The Morgan fingerprint density at radius 3 is 1.74 bits per heavy atom. The molecular formula is C24H27NO2. The van der Waals surface area contributed by atoms with Gasteiger partial charge < -0.3 is 9.94 Å². The van der Waals surface area contributed by atoms with Crippen molar-refractivity contribution in [2.24, 2.45) is 0 Å². The highest BCUT2D eigenvalue weighted by Crippen LogP contribution is 2.31. The summed E-state index contributed by atoms with van der Waals surface area (Å²) in [6.45, 7) is 3.03. The first-order chi connectivity index (χ1) is 13.3. The number of rotatable bonds is 9. The van der Waals surface area contributed by atoms with Crippen molar-refractivity contribution in [2.75, 3.05) is 6.61 Å². The fraction of sp³-hybridized carbons (Fsp3) is 0.250. The van der Waals surface area contributed by atoms with Crippen LogP contribution >= 0.6 is 0 Å². The molecule has 0 spiro atoms. The van der Waals surface area contributed by atoms with Crippen LogP contribution in [0.1, 0.15) is 42.1 Å². The van der Waals surface area contributed by atoms with Gasteiger partial charge in [0.05, 0.1) is 25.3 Å². The molecule has 0 aliphatic heterocycles. The van der Waals surface area contributed by atoms with Gasteiger partial charge in [-0.3, -0.25) is 0 Å². The molecule has 3 rings (SSSR count). The van der Waals surface area contributed by atoms with Gasteiger partial charge in [0.25, 0.3) is 0 Å². The SMILES string of the molecule is CC[C@H](c1ccccc1)N(O)[C@@H](COCc1ccccc1)c1ccccc1. The quantitative estimate of drug-likeness (QED) is 0.490. The summed E-state index contributed by atoms with van der Waals surface area (Å²) in [5, 5.41) is 12.6. The lowest BCUT2D eigenvalue weighted by atomic mass is 10.00. The molecule has 3 nitrogen and oxygen atoms in total. The highest BCUT2D eigenvalue weighted by molar-refractivity contribution is 5.22. The van der Waals surface area contributed by atoms with E-state index in [4.69, 9.17) is 4.74 Å². The maximum absolute atomic E-state index is 11.1. The lowest BCUT2D eigenvalue weighted by molar-refractivity contribution is -0.180. The molecule has 27 heavy (non-hydrogen) atoms. The van der Waals surface area contributed by atoms with Crippen LogP contribution in [0.25, 0.3) is 0 Å². The van der Waals surface area contributed by atoms with Gasteiger partial charge in [-0.25, -0.2) is 0 Å². The Morgan fingerprint density at radius 2 is 1.22 bits per heavy atom. The highest BCUT2D eigenvalue weighted by Gasteiger charge is 2.26. The number of ether oxygens (including phenoxy) is 1. The third-order valence-electron chi connectivity index (χ3n) is 4.78. The molecule has 0 aliphatic rings. The Bertz CT molecular complexity index is 777. The average Bonchev–Trinajstić information content (AvgIpc) is 2.74. The second-order valence-corrected chi connectivity index (χ2v) is 6.64. The van der Waals surface area contributed by atoms with Crippen LogP contribution in [-0.4, -0.2) is 16.9 Å². The first-order valence-electron chi connectivity index (χ1n) is 9.48. The molecule has 140 valence electrons. The van der Waals surface area contributed by atoms with Crippen molar-refractivity contribution in [1.29, 1.82) is 0 Å². The molecule has 2 atom stereocenters. The summed E-state index contributed by atoms with van der Waals surface area (Å²) in [6, 6.07) is 30.0. The van der Waals surface area contributed by atoms with Crippen molar-refractivity contribution in [3.05, 3.63) is 108 Å². The van der Waals surface area contributed by atoms with E-state index in [9.17, 15) is 5.21 Å². The zero-order valence-electron chi connectivity index (χ0n) is 15.7. The van der Waals surface area contributed by atoms with Gasteiger partial charge in [0.1, 0.15) is 0 Å². The van der Waals surface area contributed by atoms with Crippen LogP contribution in [0.2, 0.25) is 0 Å². The van der Waals surface area contributed by atoms with E-state index in [0.717, 1.165) is 23.1 Å². The number of benzene rings is 3. The summed E-state index contributed by atoms with van der Waals surface area (Å²) in [4.78, 5) is 0. The summed E-state index contributed by atoms with van der Waals surface area (Å²) in [7, 11) is 0. The zero-order valence-corrected chi connectivity index (χ0v) is 15.7. The fourth-order valence-corrected chi connectivity index (χ4v) is 3.33. The van der Waals surface area contributed by atoms with E-state index in [-0.39, 0.29) is 12.1 Å². The summed E-state index contributed by atoms with van der Waals surface area (Å²) in [5.41, 5.74) is 3.28. The van der Waals surface area contributed by atoms with E-state index in [0.29, 0.717) is 13.2 Å². The van der Waals surface area contributed by atoms with Crippen molar-refractivity contribution >= 4 is 0 Å². The van der Waals surface area contributed by atoms with Crippen molar-refractivity contribution in [1.82, 2.24) is 5.06 Å². The zero-order chi connectivity index (χ0) is 18.9. The van der Waals surface area contributed by atoms with Gasteiger partial charge in [0.2, 0.25) is 0 Å². The fourth-order valence-electron chi connectivity index (χ4n) is 3.33. The lowest BCUT2D eigenvalue weighted by Gasteiger charge is -2.33. The van der Waals surface area contributed by atoms with E-state index in [2.05, 4.69) is 19.1 Å². The molecule has 0 fully saturated rings. The summed E-state index contributed by atoms with van der Waals surface area (Å²) in [5.74, 6) is 0. The minimum Gasteiger partial charge on any atom is -0.375 e. The molecule has 0 aliphatic carbocycles. The maximum atomic E-state index is 11.1. The van der Waals surface area contributed by atoms with Gasteiger partial charge >= 0.3 is 0 Å². The van der Waals surface area contributed by atoms with Crippen molar-refractivity contribution in [3.8, 4) is 0 Å². The standard InChI is InChI=1S/C24H27NO2/c1-2-23(21-14-8-4-9-15-21)25(26)24(22-16-10-5-11-17-22)19-27-18-20-12-6-3-7-13-20/h3-17,23-24,26H,2,18-19H2,1H3/t23-,24+/m1/s1. The summed E-state index contributed by atoms with van der Waals surface area (Å²) < 4.78 is 5.99. The molecule has 0 radical (unpaired) electrons. The van der Waals surface area contributed by atoms with E-state index < -0.39 is 0 Å². The normalized spacial score (nSPS) is 13.4. The average molecular weight is 361 g/mol. The Hall–Kier alpha value is -2.46. The van der Waals surface area contributed by atoms with Gasteiger partial charge in [0.15, 0.2) is 0 Å². The molecule has 0 bridgehead atoms. The van der Waals surface area contributed by atoms with Gasteiger partial charge in [-0.15, -0.1) is 0 Å². The molecule has 0 amide bonds. The maximum Gasteiger partial charge on any atom is 0.0840 e. The van der Waals surface area contributed by atoms with E-state index in [1.165, 1.54) is 5.06 Å². The van der Waals surface area contributed by atoms with Crippen LogP contribution in [-0.2, 0) is 11.3 Å². The van der Waals surface area contributed by atoms with Crippen LogP contribution in [0.15, 0.2) is 91.0 Å². The number of hydroxylamine groups is 2. The molecule has 1 N–H and O–H groups in total. The first kappa shape index (κ1) is 19.3. The minimum absolute atomic E-state index is 0.0864. The van der Waals surface area contributed by atoms with Crippen LogP contribution in [0.5, 0.6) is 0 Å². The van der Waals surface area contributed by atoms with Gasteiger partial charge in [-0.05, 0) is 23.1 Å². The number of hydrogen-bond donors (Lipinski definition) is 1. The predicted octanol–water partition coefficient (Wildman–Crippen LogP) is 5.79. The molecule has 0 aromatic heterocycles. The first-order valence-corrected chi connectivity index (χ1v) is 9.48. The van der Waals surface area contributed by atoms with E-state index >= 15 is 0 Å². The van der Waals surface area contributed by atoms with Gasteiger partial charge in [-0.1, -0.05) is 97.9 Å². The van der Waals surface area contributed by atoms with E-state index in [1.807, 2.05) is 78.9 Å². The van der Waals surface area contributed by atoms with Crippen LogP contribution < -0.4 is 0 Å². The van der Waals surface area contributed by atoms with Gasteiger partial charge in [0, 0.05) is 0 Å². The van der Waals surface area contributed by atoms with Crippen molar-refractivity contribution in [3.63, 3.8) is 0 Å². The molecule has 3 aromatic rings. The topological polar surface area (TPSA) is 32.7 Å². The van der Waals surface area contributed by atoms with Gasteiger partial charge in [-0.2, -0.15) is 5.06 Å². The predicted molar refractivity (Wildman–Crippen MR) is 108 cm³/mol. The number of hydrogen-bond acceptors (Lipinski definition) is 3. The molecule has 0 heterocycles. The third-order valence-corrected chi connectivity index (χ3v) is 4.78. The molecular weight excluding hydrogens is 334 g/mol. The van der Waals surface area contributed by atoms with Crippen molar-refractivity contribution in [2.45, 2.75) is 32.0 Å². The molecule has 0 unspecified atom stereocenters.